The lowest BCUT2D eigenvalue weighted by Crippen LogP contribution is -2.25. The van der Waals surface area contributed by atoms with Gasteiger partial charge in [-0.1, -0.05) is 19.3 Å². The standard InChI is InChI=1S/C13H20N2O2/c1-3-17-13(16)12(9-14)10(2)15-11-7-5-4-6-8-11/h11-12H,3-8H2,1-2H3. The van der Waals surface area contributed by atoms with E-state index in [0.29, 0.717) is 12.3 Å². The number of hydrogen-bond donors (Lipinski definition) is 0. The first kappa shape index (κ1) is 13.7. The van der Waals surface area contributed by atoms with Gasteiger partial charge in [0.25, 0.3) is 0 Å². The molecule has 0 aromatic heterocycles. The maximum atomic E-state index is 11.5. The van der Waals surface area contributed by atoms with E-state index >= 15 is 0 Å². The fourth-order valence-corrected chi connectivity index (χ4v) is 2.11. The number of carbonyl (C=O) groups is 1. The molecule has 1 saturated carbocycles. The topological polar surface area (TPSA) is 62.5 Å². The van der Waals surface area contributed by atoms with Gasteiger partial charge in [-0.25, -0.2) is 0 Å². The Bertz CT molecular complexity index is 325. The Balaban J connectivity index is 2.64. The van der Waals surface area contributed by atoms with Gasteiger partial charge < -0.3 is 4.74 Å². The van der Waals surface area contributed by atoms with E-state index in [-0.39, 0.29) is 6.04 Å². The molecule has 0 heterocycles. The molecule has 0 aliphatic heterocycles. The lowest BCUT2D eigenvalue weighted by Gasteiger charge is -2.19. The smallest absolute Gasteiger partial charge is 0.329 e. The van der Waals surface area contributed by atoms with Crippen molar-refractivity contribution in [3.8, 4) is 6.07 Å². The van der Waals surface area contributed by atoms with Gasteiger partial charge in [0.2, 0.25) is 0 Å². The van der Waals surface area contributed by atoms with Crippen LogP contribution in [0.5, 0.6) is 0 Å². The number of carbonyl (C=O) groups excluding carboxylic acids is 1. The van der Waals surface area contributed by atoms with E-state index in [1.165, 1.54) is 19.3 Å². The van der Waals surface area contributed by atoms with E-state index in [1.807, 2.05) is 6.07 Å². The summed E-state index contributed by atoms with van der Waals surface area (Å²) < 4.78 is 4.86. The first-order valence-corrected chi connectivity index (χ1v) is 6.29. The van der Waals surface area contributed by atoms with Crippen LogP contribution >= 0.6 is 0 Å². The van der Waals surface area contributed by atoms with E-state index in [0.717, 1.165) is 12.8 Å². The van der Waals surface area contributed by atoms with Crippen molar-refractivity contribution in [2.24, 2.45) is 10.9 Å². The summed E-state index contributed by atoms with van der Waals surface area (Å²) in [5.74, 6) is -1.32. The zero-order chi connectivity index (χ0) is 12.7. The van der Waals surface area contributed by atoms with Crippen LogP contribution in [-0.2, 0) is 9.53 Å². The van der Waals surface area contributed by atoms with Crippen LogP contribution in [0.4, 0.5) is 0 Å². The third-order valence-electron chi connectivity index (χ3n) is 3.03. The van der Waals surface area contributed by atoms with Crippen molar-refractivity contribution < 1.29 is 9.53 Å². The highest BCUT2D eigenvalue weighted by Gasteiger charge is 2.23. The van der Waals surface area contributed by atoms with Gasteiger partial charge in [-0.15, -0.1) is 0 Å². The molecule has 0 N–H and O–H groups in total. The number of ether oxygens (including phenoxy) is 1. The summed E-state index contributed by atoms with van der Waals surface area (Å²) in [6.45, 7) is 3.78. The number of esters is 1. The molecular formula is C13H20N2O2. The molecule has 4 heteroatoms. The van der Waals surface area contributed by atoms with Crippen LogP contribution in [0.25, 0.3) is 0 Å². The summed E-state index contributed by atoms with van der Waals surface area (Å²) in [6, 6.07) is 2.26. The molecule has 0 aromatic rings. The van der Waals surface area contributed by atoms with E-state index in [2.05, 4.69) is 4.99 Å². The normalized spacial score (nSPS) is 19.5. The molecular weight excluding hydrogens is 216 g/mol. The van der Waals surface area contributed by atoms with Crippen molar-refractivity contribution in [2.75, 3.05) is 6.61 Å². The molecule has 0 bridgehead atoms. The zero-order valence-corrected chi connectivity index (χ0v) is 10.6. The van der Waals surface area contributed by atoms with Gasteiger partial charge in [-0.2, -0.15) is 5.26 Å². The second-order valence-corrected chi connectivity index (χ2v) is 4.38. The van der Waals surface area contributed by atoms with Crippen molar-refractivity contribution in [3.63, 3.8) is 0 Å². The minimum absolute atomic E-state index is 0.286. The van der Waals surface area contributed by atoms with Gasteiger partial charge >= 0.3 is 5.97 Å². The molecule has 17 heavy (non-hydrogen) atoms. The molecule has 1 fully saturated rings. The molecule has 4 nitrogen and oxygen atoms in total. The van der Waals surface area contributed by atoms with Crippen LogP contribution in [0.2, 0.25) is 0 Å². The molecule has 0 radical (unpaired) electrons. The number of nitriles is 1. The SMILES string of the molecule is CCOC(=O)C(C#N)C(C)=NC1CCCCC1. The predicted molar refractivity (Wildman–Crippen MR) is 65.7 cm³/mol. The Morgan fingerprint density at radius 1 is 1.47 bits per heavy atom. The number of hydrogen-bond acceptors (Lipinski definition) is 4. The predicted octanol–water partition coefficient (Wildman–Crippen LogP) is 2.48. The van der Waals surface area contributed by atoms with Crippen LogP contribution in [0, 0.1) is 17.2 Å². The minimum Gasteiger partial charge on any atom is -0.465 e. The molecule has 0 aromatic carbocycles. The maximum absolute atomic E-state index is 11.5. The van der Waals surface area contributed by atoms with E-state index in [9.17, 15) is 4.79 Å². The highest BCUT2D eigenvalue weighted by atomic mass is 16.5. The van der Waals surface area contributed by atoms with Crippen molar-refractivity contribution >= 4 is 11.7 Å². The lowest BCUT2D eigenvalue weighted by molar-refractivity contribution is -0.143. The van der Waals surface area contributed by atoms with Gasteiger partial charge in [-0.3, -0.25) is 9.79 Å². The van der Waals surface area contributed by atoms with E-state index in [1.54, 1.807) is 13.8 Å². The highest BCUT2D eigenvalue weighted by molar-refractivity contribution is 6.03. The van der Waals surface area contributed by atoms with Crippen molar-refractivity contribution in [1.29, 1.82) is 5.26 Å². The Kier molecular flexibility index (Phi) is 5.68. The van der Waals surface area contributed by atoms with E-state index < -0.39 is 11.9 Å². The molecule has 1 rings (SSSR count). The van der Waals surface area contributed by atoms with Gasteiger partial charge in [0, 0.05) is 11.8 Å². The molecule has 0 saturated heterocycles. The van der Waals surface area contributed by atoms with Crippen LogP contribution in [0.15, 0.2) is 4.99 Å². The quantitative estimate of drug-likeness (QED) is 0.556. The highest BCUT2D eigenvalue weighted by Crippen LogP contribution is 2.21. The van der Waals surface area contributed by atoms with Crippen LogP contribution in [-0.4, -0.2) is 24.3 Å². The Morgan fingerprint density at radius 3 is 2.65 bits per heavy atom. The van der Waals surface area contributed by atoms with Crippen LogP contribution in [0.3, 0.4) is 0 Å². The fraction of sp³-hybridized carbons (Fsp3) is 0.769. The molecule has 1 unspecified atom stereocenters. The average molecular weight is 236 g/mol. The third kappa shape index (κ3) is 4.18. The summed E-state index contributed by atoms with van der Waals surface area (Å²) in [6.07, 6.45) is 5.79. The monoisotopic (exact) mass is 236 g/mol. The average Bonchev–Trinajstić information content (AvgIpc) is 2.31. The van der Waals surface area contributed by atoms with Crippen molar-refractivity contribution in [3.05, 3.63) is 0 Å². The van der Waals surface area contributed by atoms with E-state index in [4.69, 9.17) is 10.00 Å². The summed E-state index contributed by atoms with van der Waals surface area (Å²) in [7, 11) is 0. The second-order valence-electron chi connectivity index (χ2n) is 4.38. The Labute approximate surface area is 103 Å². The number of aliphatic imine (C=N–C) groups is 1. The molecule has 1 atom stereocenters. The number of rotatable bonds is 4. The molecule has 0 spiro atoms. The largest absolute Gasteiger partial charge is 0.465 e. The van der Waals surface area contributed by atoms with Crippen molar-refractivity contribution in [1.82, 2.24) is 0 Å². The first-order valence-electron chi connectivity index (χ1n) is 6.29. The number of nitrogens with zero attached hydrogens (tertiary/aromatic N) is 2. The first-order chi connectivity index (χ1) is 8.19. The minimum atomic E-state index is -0.836. The second kappa shape index (κ2) is 7.05. The summed E-state index contributed by atoms with van der Waals surface area (Å²) in [5, 5.41) is 8.99. The summed E-state index contributed by atoms with van der Waals surface area (Å²) >= 11 is 0. The van der Waals surface area contributed by atoms with Gasteiger partial charge in [-0.05, 0) is 26.7 Å². The van der Waals surface area contributed by atoms with Crippen molar-refractivity contribution in [2.45, 2.75) is 52.0 Å². The Hall–Kier alpha value is -1.37. The lowest BCUT2D eigenvalue weighted by atomic mass is 9.95. The molecule has 1 aliphatic carbocycles. The maximum Gasteiger partial charge on any atom is 0.329 e. The fourth-order valence-electron chi connectivity index (χ4n) is 2.11. The third-order valence-corrected chi connectivity index (χ3v) is 3.03. The van der Waals surface area contributed by atoms with Gasteiger partial charge in [0.1, 0.15) is 0 Å². The molecule has 0 amide bonds. The summed E-state index contributed by atoms with van der Waals surface area (Å²) in [5.41, 5.74) is 0.595. The van der Waals surface area contributed by atoms with Gasteiger partial charge in [0.05, 0.1) is 12.7 Å². The van der Waals surface area contributed by atoms with Gasteiger partial charge in [0.15, 0.2) is 5.92 Å². The molecule has 1 aliphatic rings. The molecule has 94 valence electrons. The Morgan fingerprint density at radius 2 is 2.12 bits per heavy atom. The van der Waals surface area contributed by atoms with Crippen LogP contribution in [0.1, 0.15) is 46.0 Å². The summed E-state index contributed by atoms with van der Waals surface area (Å²) in [4.78, 5) is 16.0. The zero-order valence-electron chi connectivity index (χ0n) is 10.6. The van der Waals surface area contributed by atoms with Crippen LogP contribution < -0.4 is 0 Å².